The van der Waals surface area contributed by atoms with E-state index in [0.717, 1.165) is 11.1 Å². The second-order valence-corrected chi connectivity index (χ2v) is 6.55. The van der Waals surface area contributed by atoms with Gasteiger partial charge >= 0.3 is 0 Å². The van der Waals surface area contributed by atoms with Crippen molar-refractivity contribution in [2.75, 3.05) is 5.32 Å². The molecular weight excluding hydrogens is 369 g/mol. The molecule has 0 aliphatic carbocycles. The third-order valence-corrected chi connectivity index (χ3v) is 4.45. The maximum atomic E-state index is 13.4. The van der Waals surface area contributed by atoms with Crippen LogP contribution in [0.4, 0.5) is 10.1 Å². The molecule has 3 rings (SSSR count). The minimum absolute atomic E-state index is 0.0570. The van der Waals surface area contributed by atoms with Crippen LogP contribution in [0.25, 0.3) is 0 Å². The molecule has 0 spiro atoms. The van der Waals surface area contributed by atoms with Crippen molar-refractivity contribution in [2.24, 2.45) is 0 Å². The monoisotopic (exact) mass is 385 g/mol. The van der Waals surface area contributed by atoms with Gasteiger partial charge in [-0.2, -0.15) is 0 Å². The third-order valence-electron chi connectivity index (χ3n) is 3.80. The molecule has 0 unspecified atom stereocenters. The predicted molar refractivity (Wildman–Crippen MR) is 108 cm³/mol. The third kappa shape index (κ3) is 5.00. The van der Waals surface area contributed by atoms with Crippen LogP contribution in [0.2, 0.25) is 5.02 Å². The van der Waals surface area contributed by atoms with Crippen molar-refractivity contribution in [3.05, 3.63) is 95.0 Å². The van der Waals surface area contributed by atoms with Crippen LogP contribution in [0.1, 0.15) is 11.1 Å². The highest BCUT2D eigenvalue weighted by Crippen LogP contribution is 2.20. The van der Waals surface area contributed by atoms with Crippen LogP contribution in [0.15, 0.2) is 73.1 Å². The lowest BCUT2D eigenvalue weighted by molar-refractivity contribution is 0.412. The molecule has 6 heteroatoms. The molecule has 3 nitrogen and oxygen atoms in total. The number of benzene rings is 2. The van der Waals surface area contributed by atoms with Crippen molar-refractivity contribution >= 4 is 34.6 Å². The maximum absolute atomic E-state index is 13.4. The van der Waals surface area contributed by atoms with Gasteiger partial charge in [-0.15, -0.1) is 0 Å². The first-order chi connectivity index (χ1) is 12.6. The predicted octanol–water partition coefficient (Wildman–Crippen LogP) is 5.27. The molecule has 1 heterocycles. The van der Waals surface area contributed by atoms with Gasteiger partial charge in [0.1, 0.15) is 5.82 Å². The van der Waals surface area contributed by atoms with E-state index in [-0.39, 0.29) is 5.02 Å². The number of aromatic nitrogens is 1. The summed E-state index contributed by atoms with van der Waals surface area (Å²) in [6.45, 7) is 1.27. The van der Waals surface area contributed by atoms with E-state index < -0.39 is 5.82 Å². The van der Waals surface area contributed by atoms with E-state index in [1.807, 2.05) is 35.2 Å². The van der Waals surface area contributed by atoms with Crippen LogP contribution in [0, 0.1) is 5.82 Å². The lowest BCUT2D eigenvalue weighted by Gasteiger charge is -2.26. The summed E-state index contributed by atoms with van der Waals surface area (Å²) < 4.78 is 13.4. The van der Waals surface area contributed by atoms with Gasteiger partial charge < -0.3 is 10.2 Å². The highest BCUT2D eigenvalue weighted by atomic mass is 35.5. The molecular formula is C20H17ClFN3S. The van der Waals surface area contributed by atoms with Crippen molar-refractivity contribution in [3.8, 4) is 0 Å². The first-order valence-corrected chi connectivity index (χ1v) is 8.84. The summed E-state index contributed by atoms with van der Waals surface area (Å²) in [6, 6.07) is 18.4. The Morgan fingerprint density at radius 1 is 1.00 bits per heavy atom. The van der Waals surface area contributed by atoms with Gasteiger partial charge in [0.05, 0.1) is 5.02 Å². The summed E-state index contributed by atoms with van der Waals surface area (Å²) >= 11 is 11.5. The summed E-state index contributed by atoms with van der Waals surface area (Å²) in [4.78, 5) is 6.09. The lowest BCUT2D eigenvalue weighted by atomic mass is 10.2. The first-order valence-electron chi connectivity index (χ1n) is 8.05. The fourth-order valence-corrected chi connectivity index (χ4v) is 2.92. The van der Waals surface area contributed by atoms with Crippen molar-refractivity contribution in [1.82, 2.24) is 9.88 Å². The van der Waals surface area contributed by atoms with Crippen molar-refractivity contribution in [3.63, 3.8) is 0 Å². The minimum Gasteiger partial charge on any atom is -0.340 e. The van der Waals surface area contributed by atoms with E-state index in [0.29, 0.717) is 23.9 Å². The Labute approximate surface area is 162 Å². The van der Waals surface area contributed by atoms with Gasteiger partial charge in [-0.05, 0) is 53.7 Å². The van der Waals surface area contributed by atoms with Gasteiger partial charge in [0, 0.05) is 31.2 Å². The molecule has 0 aliphatic heterocycles. The lowest BCUT2D eigenvalue weighted by Crippen LogP contribution is -2.33. The Morgan fingerprint density at radius 3 is 2.31 bits per heavy atom. The number of halogens is 2. The summed E-state index contributed by atoms with van der Waals surface area (Å²) in [6.07, 6.45) is 3.51. The number of hydrogen-bond acceptors (Lipinski definition) is 2. The second kappa shape index (κ2) is 8.74. The van der Waals surface area contributed by atoms with Gasteiger partial charge in [-0.1, -0.05) is 41.9 Å². The van der Waals surface area contributed by atoms with Crippen LogP contribution < -0.4 is 5.32 Å². The summed E-state index contributed by atoms with van der Waals surface area (Å²) in [5, 5.41) is 3.73. The molecule has 0 amide bonds. The van der Waals surface area contributed by atoms with Crippen molar-refractivity contribution in [1.29, 1.82) is 0 Å². The maximum Gasteiger partial charge on any atom is 0.174 e. The van der Waals surface area contributed by atoms with E-state index >= 15 is 0 Å². The molecule has 0 radical (unpaired) electrons. The fourth-order valence-electron chi connectivity index (χ4n) is 2.49. The number of thiocarbonyl (C=S) groups is 1. The average molecular weight is 386 g/mol. The van der Waals surface area contributed by atoms with E-state index in [2.05, 4.69) is 22.4 Å². The Morgan fingerprint density at radius 2 is 1.65 bits per heavy atom. The zero-order valence-electron chi connectivity index (χ0n) is 13.9. The molecule has 0 fully saturated rings. The highest BCUT2D eigenvalue weighted by molar-refractivity contribution is 7.80. The molecule has 1 aromatic heterocycles. The van der Waals surface area contributed by atoms with Crippen LogP contribution in [-0.2, 0) is 13.1 Å². The summed E-state index contributed by atoms with van der Waals surface area (Å²) in [5.74, 6) is -0.457. The number of nitrogens with one attached hydrogen (secondary N) is 1. The Bertz CT molecular complexity index is 833. The Kier molecular flexibility index (Phi) is 6.15. The van der Waals surface area contributed by atoms with E-state index in [9.17, 15) is 4.39 Å². The van der Waals surface area contributed by atoms with Crippen LogP contribution >= 0.6 is 23.8 Å². The molecule has 26 heavy (non-hydrogen) atoms. The number of pyridine rings is 1. The van der Waals surface area contributed by atoms with Gasteiger partial charge in [0.2, 0.25) is 0 Å². The standard InChI is InChI=1S/C20H17ClFN3S/c21-18-12-17(6-7-19(18)22)24-20(26)25(13-15-4-2-1-3-5-15)14-16-8-10-23-11-9-16/h1-12H,13-14H2,(H,24,26). The van der Waals surface area contributed by atoms with Gasteiger partial charge in [-0.25, -0.2) is 4.39 Å². The molecule has 0 atom stereocenters. The number of nitrogens with zero attached hydrogens (tertiary/aromatic N) is 2. The molecule has 132 valence electrons. The first kappa shape index (κ1) is 18.3. The fraction of sp³-hybridized carbons (Fsp3) is 0.100. The molecule has 0 aliphatic rings. The highest BCUT2D eigenvalue weighted by Gasteiger charge is 2.12. The molecule has 0 saturated carbocycles. The Hall–Kier alpha value is -2.50. The van der Waals surface area contributed by atoms with Crippen LogP contribution in [-0.4, -0.2) is 15.0 Å². The zero-order chi connectivity index (χ0) is 18.4. The smallest absolute Gasteiger partial charge is 0.174 e. The van der Waals surface area contributed by atoms with Crippen molar-refractivity contribution < 1.29 is 4.39 Å². The molecule has 3 aromatic rings. The quantitative estimate of drug-likeness (QED) is 0.605. The normalized spacial score (nSPS) is 10.4. The van der Waals surface area contributed by atoms with Gasteiger partial charge in [0.15, 0.2) is 5.11 Å². The average Bonchev–Trinajstić information content (AvgIpc) is 2.66. The van der Waals surface area contributed by atoms with Crippen molar-refractivity contribution in [2.45, 2.75) is 13.1 Å². The molecule has 2 aromatic carbocycles. The van der Waals surface area contributed by atoms with E-state index in [1.54, 1.807) is 18.5 Å². The van der Waals surface area contributed by atoms with Gasteiger partial charge in [-0.3, -0.25) is 4.98 Å². The zero-order valence-corrected chi connectivity index (χ0v) is 15.5. The second-order valence-electron chi connectivity index (χ2n) is 5.76. The van der Waals surface area contributed by atoms with E-state index in [4.69, 9.17) is 23.8 Å². The van der Waals surface area contributed by atoms with Gasteiger partial charge in [0.25, 0.3) is 0 Å². The molecule has 0 bridgehead atoms. The molecule has 0 saturated heterocycles. The van der Waals surface area contributed by atoms with Crippen LogP contribution in [0.3, 0.4) is 0 Å². The summed E-state index contributed by atoms with van der Waals surface area (Å²) in [5.41, 5.74) is 2.88. The number of hydrogen-bond donors (Lipinski definition) is 1. The number of anilines is 1. The largest absolute Gasteiger partial charge is 0.340 e. The SMILES string of the molecule is Fc1ccc(NC(=S)N(Cc2ccccc2)Cc2ccncc2)cc1Cl. The summed E-state index contributed by atoms with van der Waals surface area (Å²) in [7, 11) is 0. The minimum atomic E-state index is -0.457. The van der Waals surface area contributed by atoms with Crippen LogP contribution in [0.5, 0.6) is 0 Å². The Balaban J connectivity index is 1.78. The molecule has 1 N–H and O–H groups in total. The topological polar surface area (TPSA) is 28.2 Å². The van der Waals surface area contributed by atoms with E-state index in [1.165, 1.54) is 12.1 Å². The number of rotatable bonds is 5.